The molecule has 1 aliphatic rings. The maximum absolute atomic E-state index is 13.5. The first-order valence-corrected chi connectivity index (χ1v) is 6.60. The van der Waals surface area contributed by atoms with Crippen molar-refractivity contribution < 1.29 is 9.13 Å². The van der Waals surface area contributed by atoms with Crippen molar-refractivity contribution in [2.75, 3.05) is 30.3 Å². The number of hydrogen-bond acceptors (Lipinski definition) is 3. The highest BCUT2D eigenvalue weighted by atomic mass is 35.5. The molecule has 0 radical (unpaired) electrons. The van der Waals surface area contributed by atoms with Crippen molar-refractivity contribution in [1.29, 1.82) is 0 Å². The molecular weight excluding hydrogens is 255 g/mol. The first-order valence-electron chi connectivity index (χ1n) is 6.23. The summed E-state index contributed by atoms with van der Waals surface area (Å²) >= 11 is 5.71. The summed E-state index contributed by atoms with van der Waals surface area (Å²) in [4.78, 5) is 2.07. The molecule has 0 saturated carbocycles. The molecule has 1 aromatic rings. The Morgan fingerprint density at radius 2 is 2.33 bits per heavy atom. The number of hydrogen-bond donors (Lipinski definition) is 1. The van der Waals surface area contributed by atoms with Crippen LogP contribution in [-0.2, 0) is 4.74 Å². The molecule has 0 bridgehead atoms. The van der Waals surface area contributed by atoms with Crippen LogP contribution in [0.4, 0.5) is 15.8 Å². The molecule has 1 unspecified atom stereocenters. The zero-order valence-electron chi connectivity index (χ0n) is 10.5. The topological polar surface area (TPSA) is 38.5 Å². The summed E-state index contributed by atoms with van der Waals surface area (Å²) in [6.07, 6.45) is 2.26. The number of nitrogens with zero attached hydrogens (tertiary/aromatic N) is 1. The fourth-order valence-electron chi connectivity index (χ4n) is 2.35. The molecule has 0 aliphatic carbocycles. The molecule has 1 aliphatic heterocycles. The lowest BCUT2D eigenvalue weighted by molar-refractivity contribution is 0.0527. The lowest BCUT2D eigenvalue weighted by Crippen LogP contribution is -2.40. The number of nitrogen functional groups attached to an aromatic ring is 1. The molecule has 2 rings (SSSR count). The molecule has 18 heavy (non-hydrogen) atoms. The van der Waals surface area contributed by atoms with Crippen LogP contribution in [-0.4, -0.2) is 25.8 Å². The van der Waals surface area contributed by atoms with Crippen molar-refractivity contribution in [3.05, 3.63) is 23.0 Å². The van der Waals surface area contributed by atoms with Crippen LogP contribution < -0.4 is 10.6 Å². The summed E-state index contributed by atoms with van der Waals surface area (Å²) in [6, 6.07) is 2.88. The Kier molecular flexibility index (Phi) is 4.30. The lowest BCUT2D eigenvalue weighted by atomic mass is 10.1. The zero-order valence-corrected chi connectivity index (χ0v) is 11.2. The van der Waals surface area contributed by atoms with E-state index >= 15 is 0 Å². The Bertz CT molecular complexity index is 426. The van der Waals surface area contributed by atoms with Gasteiger partial charge in [-0.25, -0.2) is 4.39 Å². The van der Waals surface area contributed by atoms with Gasteiger partial charge in [-0.3, -0.25) is 0 Å². The van der Waals surface area contributed by atoms with E-state index in [1.807, 2.05) is 6.92 Å². The van der Waals surface area contributed by atoms with E-state index in [1.54, 1.807) is 0 Å². The number of halogens is 2. The first-order chi connectivity index (χ1) is 8.61. The van der Waals surface area contributed by atoms with Crippen molar-refractivity contribution in [1.82, 2.24) is 0 Å². The Hall–Kier alpha value is -1.00. The van der Waals surface area contributed by atoms with Crippen molar-refractivity contribution in [2.24, 2.45) is 0 Å². The van der Waals surface area contributed by atoms with Crippen molar-refractivity contribution in [2.45, 2.75) is 25.9 Å². The molecule has 2 N–H and O–H groups in total. The molecule has 5 heteroatoms. The van der Waals surface area contributed by atoms with Gasteiger partial charge in [-0.1, -0.05) is 11.6 Å². The molecule has 1 aromatic carbocycles. The van der Waals surface area contributed by atoms with Gasteiger partial charge >= 0.3 is 0 Å². The molecule has 1 heterocycles. The van der Waals surface area contributed by atoms with E-state index in [2.05, 4.69) is 4.90 Å². The number of nitrogens with two attached hydrogens (primary N) is 1. The minimum atomic E-state index is -0.431. The number of anilines is 2. The molecule has 100 valence electrons. The van der Waals surface area contributed by atoms with Crippen LogP contribution in [0.2, 0.25) is 5.02 Å². The monoisotopic (exact) mass is 272 g/mol. The van der Waals surface area contributed by atoms with Crippen LogP contribution in [0.3, 0.4) is 0 Å². The average Bonchev–Trinajstić information content (AvgIpc) is 2.34. The molecule has 1 saturated heterocycles. The molecule has 1 fully saturated rings. The summed E-state index contributed by atoms with van der Waals surface area (Å²) in [6.45, 7) is 4.30. The van der Waals surface area contributed by atoms with E-state index in [9.17, 15) is 4.39 Å². The minimum absolute atomic E-state index is 0.0645. The zero-order chi connectivity index (χ0) is 13.1. The molecule has 3 nitrogen and oxygen atoms in total. The number of rotatable bonds is 3. The van der Waals surface area contributed by atoms with Crippen LogP contribution in [0, 0.1) is 5.82 Å². The van der Waals surface area contributed by atoms with E-state index < -0.39 is 5.82 Å². The summed E-state index contributed by atoms with van der Waals surface area (Å²) < 4.78 is 19.1. The van der Waals surface area contributed by atoms with Gasteiger partial charge in [-0.05, 0) is 25.8 Å². The molecular formula is C13H18ClFN2O. The molecule has 0 spiro atoms. The van der Waals surface area contributed by atoms with Gasteiger partial charge in [0, 0.05) is 25.8 Å². The van der Waals surface area contributed by atoms with Gasteiger partial charge in [0.1, 0.15) is 5.82 Å². The molecule has 0 amide bonds. The average molecular weight is 273 g/mol. The van der Waals surface area contributed by atoms with Crippen LogP contribution in [0.5, 0.6) is 0 Å². The van der Waals surface area contributed by atoms with Crippen LogP contribution in [0.15, 0.2) is 12.1 Å². The Balaban J connectivity index is 2.18. The second kappa shape index (κ2) is 5.76. The lowest BCUT2D eigenvalue weighted by Gasteiger charge is -2.34. The van der Waals surface area contributed by atoms with Crippen LogP contribution in [0.25, 0.3) is 0 Å². The highest BCUT2D eigenvalue weighted by Gasteiger charge is 2.22. The molecule has 1 atom stereocenters. The van der Waals surface area contributed by atoms with E-state index in [4.69, 9.17) is 22.1 Å². The summed E-state index contributed by atoms with van der Waals surface area (Å²) in [5, 5.41) is 0.0645. The number of piperidine rings is 1. The van der Waals surface area contributed by atoms with E-state index in [1.165, 1.54) is 12.1 Å². The van der Waals surface area contributed by atoms with Crippen molar-refractivity contribution >= 4 is 23.0 Å². The largest absolute Gasteiger partial charge is 0.397 e. The van der Waals surface area contributed by atoms with Crippen LogP contribution in [0.1, 0.15) is 19.8 Å². The van der Waals surface area contributed by atoms with Crippen molar-refractivity contribution in [3.8, 4) is 0 Å². The first kappa shape index (κ1) is 13.4. The highest BCUT2D eigenvalue weighted by molar-refractivity contribution is 6.31. The van der Waals surface area contributed by atoms with Gasteiger partial charge in [0.15, 0.2) is 0 Å². The Labute approximate surface area is 112 Å². The van der Waals surface area contributed by atoms with Gasteiger partial charge in [-0.2, -0.15) is 0 Å². The molecule has 0 aromatic heterocycles. The fraction of sp³-hybridized carbons (Fsp3) is 0.538. The second-order valence-corrected chi connectivity index (χ2v) is 4.90. The van der Waals surface area contributed by atoms with Gasteiger partial charge in [-0.15, -0.1) is 0 Å². The fourth-order valence-corrected chi connectivity index (χ4v) is 2.53. The van der Waals surface area contributed by atoms with Gasteiger partial charge in [0.2, 0.25) is 0 Å². The summed E-state index contributed by atoms with van der Waals surface area (Å²) in [5.74, 6) is -0.431. The quantitative estimate of drug-likeness (QED) is 0.860. The maximum atomic E-state index is 13.5. The van der Waals surface area contributed by atoms with Crippen LogP contribution >= 0.6 is 11.6 Å². The normalized spacial score (nSPS) is 20.2. The van der Waals surface area contributed by atoms with Crippen molar-refractivity contribution in [3.63, 3.8) is 0 Å². The van der Waals surface area contributed by atoms with Gasteiger partial charge in [0.25, 0.3) is 0 Å². The van der Waals surface area contributed by atoms with E-state index in [-0.39, 0.29) is 11.1 Å². The SMILES string of the molecule is CCOC1CCCN(c2cc(F)c(Cl)cc2N)C1. The number of benzene rings is 1. The van der Waals surface area contributed by atoms with Gasteiger partial charge in [0.05, 0.1) is 22.5 Å². The third-order valence-electron chi connectivity index (χ3n) is 3.19. The second-order valence-electron chi connectivity index (χ2n) is 4.49. The Morgan fingerprint density at radius 1 is 1.56 bits per heavy atom. The third kappa shape index (κ3) is 2.87. The highest BCUT2D eigenvalue weighted by Crippen LogP contribution is 2.31. The predicted molar refractivity (Wildman–Crippen MR) is 72.7 cm³/mol. The van der Waals surface area contributed by atoms with Gasteiger partial charge < -0.3 is 15.4 Å². The number of ether oxygens (including phenoxy) is 1. The maximum Gasteiger partial charge on any atom is 0.144 e. The Morgan fingerprint density at radius 3 is 3.06 bits per heavy atom. The van der Waals surface area contributed by atoms with E-state index in [0.29, 0.717) is 18.0 Å². The smallest absolute Gasteiger partial charge is 0.144 e. The summed E-state index contributed by atoms with van der Waals surface area (Å²) in [7, 11) is 0. The summed E-state index contributed by atoms with van der Waals surface area (Å²) in [5.41, 5.74) is 7.13. The predicted octanol–water partition coefficient (Wildman–Crippen LogP) is 3.07. The van der Waals surface area contributed by atoms with E-state index in [0.717, 1.165) is 25.9 Å². The standard InChI is InChI=1S/C13H18ClFN2O/c1-2-18-9-4-3-5-17(8-9)13-7-11(15)10(14)6-12(13)16/h6-7,9H,2-5,8,16H2,1H3. The third-order valence-corrected chi connectivity index (χ3v) is 3.48. The minimum Gasteiger partial charge on any atom is -0.397 e.